The summed E-state index contributed by atoms with van der Waals surface area (Å²) in [6.07, 6.45) is 8.03. The second kappa shape index (κ2) is 8.05. The standard InChI is InChI=1S/C22H30N4O2/c1-25(2)20-8-7-17(15-24-20)16-26-13-11-22(27-3)10-9-18(14-19(22)26)28-21-6-4-5-12-23-21/h4-8,12,15,18-19H,9-11,13-14,16H2,1-3H3/t18-,19-,22+/m0/s1. The van der Waals surface area contributed by atoms with E-state index in [2.05, 4.69) is 27.0 Å². The van der Waals surface area contributed by atoms with E-state index in [1.54, 1.807) is 6.20 Å². The van der Waals surface area contributed by atoms with Crippen molar-refractivity contribution in [3.05, 3.63) is 48.3 Å². The van der Waals surface area contributed by atoms with Gasteiger partial charge in [-0.1, -0.05) is 12.1 Å². The summed E-state index contributed by atoms with van der Waals surface area (Å²) in [5.41, 5.74) is 1.19. The molecule has 0 bridgehead atoms. The van der Waals surface area contributed by atoms with Gasteiger partial charge in [0.25, 0.3) is 0 Å². The zero-order valence-corrected chi connectivity index (χ0v) is 17.0. The molecule has 0 amide bonds. The van der Waals surface area contributed by atoms with Crippen molar-refractivity contribution >= 4 is 5.82 Å². The first-order valence-corrected chi connectivity index (χ1v) is 10.1. The van der Waals surface area contributed by atoms with Crippen molar-refractivity contribution in [1.82, 2.24) is 14.9 Å². The van der Waals surface area contributed by atoms with Crippen LogP contribution in [0.2, 0.25) is 0 Å². The van der Waals surface area contributed by atoms with Gasteiger partial charge < -0.3 is 14.4 Å². The number of anilines is 1. The normalized spacial score (nSPS) is 27.4. The maximum absolute atomic E-state index is 6.18. The molecule has 3 atom stereocenters. The van der Waals surface area contributed by atoms with Gasteiger partial charge in [0.2, 0.25) is 5.88 Å². The van der Waals surface area contributed by atoms with E-state index in [-0.39, 0.29) is 11.7 Å². The van der Waals surface area contributed by atoms with Gasteiger partial charge in [-0.2, -0.15) is 0 Å². The molecule has 4 rings (SSSR count). The minimum absolute atomic E-state index is 0.0546. The van der Waals surface area contributed by atoms with Crippen molar-refractivity contribution in [2.75, 3.05) is 32.6 Å². The third kappa shape index (κ3) is 3.84. The number of hydrogen-bond acceptors (Lipinski definition) is 6. The summed E-state index contributed by atoms with van der Waals surface area (Å²) >= 11 is 0. The molecule has 2 aromatic rings. The molecular formula is C22H30N4O2. The Hall–Kier alpha value is -2.18. The number of fused-ring (bicyclic) bond motifs is 1. The lowest BCUT2D eigenvalue weighted by atomic mass is 9.79. The lowest BCUT2D eigenvalue weighted by Gasteiger charge is -2.43. The van der Waals surface area contributed by atoms with Gasteiger partial charge in [0.15, 0.2) is 0 Å². The topological polar surface area (TPSA) is 50.7 Å². The zero-order chi connectivity index (χ0) is 19.6. The molecule has 1 saturated heterocycles. The fourth-order valence-electron chi connectivity index (χ4n) is 4.65. The Morgan fingerprint density at radius 3 is 2.75 bits per heavy atom. The molecule has 0 spiro atoms. The Labute approximate surface area is 167 Å². The van der Waals surface area contributed by atoms with E-state index in [4.69, 9.17) is 9.47 Å². The number of pyridine rings is 2. The molecule has 3 heterocycles. The average Bonchev–Trinajstić information content (AvgIpc) is 3.08. The second-order valence-corrected chi connectivity index (χ2v) is 8.11. The summed E-state index contributed by atoms with van der Waals surface area (Å²) in [5, 5.41) is 0. The molecule has 28 heavy (non-hydrogen) atoms. The summed E-state index contributed by atoms with van der Waals surface area (Å²) in [6, 6.07) is 10.4. The Morgan fingerprint density at radius 2 is 2.07 bits per heavy atom. The fourth-order valence-corrected chi connectivity index (χ4v) is 4.65. The van der Waals surface area contributed by atoms with Crippen LogP contribution in [0.4, 0.5) is 5.82 Å². The number of rotatable bonds is 6. The van der Waals surface area contributed by atoms with Crippen LogP contribution in [0.1, 0.15) is 31.2 Å². The van der Waals surface area contributed by atoms with Gasteiger partial charge >= 0.3 is 0 Å². The fraction of sp³-hybridized carbons (Fsp3) is 0.545. The summed E-state index contributed by atoms with van der Waals surface area (Å²) in [7, 11) is 5.89. The van der Waals surface area contributed by atoms with Crippen molar-refractivity contribution < 1.29 is 9.47 Å². The second-order valence-electron chi connectivity index (χ2n) is 8.11. The Bertz CT molecular complexity index is 768. The van der Waals surface area contributed by atoms with Crippen LogP contribution in [0.25, 0.3) is 0 Å². The van der Waals surface area contributed by atoms with E-state index >= 15 is 0 Å². The van der Waals surface area contributed by atoms with Crippen LogP contribution in [0.5, 0.6) is 5.88 Å². The molecule has 0 N–H and O–H groups in total. The van der Waals surface area contributed by atoms with Crippen LogP contribution in [0.15, 0.2) is 42.7 Å². The van der Waals surface area contributed by atoms with Crippen LogP contribution < -0.4 is 9.64 Å². The molecule has 1 aliphatic carbocycles. The van der Waals surface area contributed by atoms with Crippen molar-refractivity contribution in [2.45, 2.75) is 50.0 Å². The number of ether oxygens (including phenoxy) is 2. The third-order valence-corrected chi connectivity index (χ3v) is 6.23. The Balaban J connectivity index is 1.46. The Kier molecular flexibility index (Phi) is 5.51. The first-order valence-electron chi connectivity index (χ1n) is 10.1. The van der Waals surface area contributed by atoms with Crippen LogP contribution in [0, 0.1) is 0 Å². The van der Waals surface area contributed by atoms with E-state index in [0.717, 1.165) is 44.6 Å². The molecule has 2 fully saturated rings. The van der Waals surface area contributed by atoms with Gasteiger partial charge in [-0.15, -0.1) is 0 Å². The van der Waals surface area contributed by atoms with Crippen molar-refractivity contribution in [1.29, 1.82) is 0 Å². The van der Waals surface area contributed by atoms with E-state index < -0.39 is 0 Å². The first kappa shape index (κ1) is 19.2. The average molecular weight is 383 g/mol. The number of likely N-dealkylation sites (tertiary alicyclic amines) is 1. The van der Waals surface area contributed by atoms with Gasteiger partial charge in [-0.3, -0.25) is 4.90 Å². The number of hydrogen-bond donors (Lipinski definition) is 0. The van der Waals surface area contributed by atoms with E-state index in [1.165, 1.54) is 5.56 Å². The smallest absolute Gasteiger partial charge is 0.213 e. The number of nitrogens with zero attached hydrogens (tertiary/aromatic N) is 4. The van der Waals surface area contributed by atoms with Crippen LogP contribution >= 0.6 is 0 Å². The monoisotopic (exact) mass is 382 g/mol. The highest BCUT2D eigenvalue weighted by atomic mass is 16.5. The maximum atomic E-state index is 6.18. The van der Waals surface area contributed by atoms with Crippen molar-refractivity contribution in [2.24, 2.45) is 0 Å². The highest BCUT2D eigenvalue weighted by Gasteiger charge is 2.51. The lowest BCUT2D eigenvalue weighted by Crippen LogP contribution is -2.52. The van der Waals surface area contributed by atoms with Gasteiger partial charge in [0.05, 0.1) is 5.60 Å². The molecule has 2 aromatic heterocycles. The molecule has 1 saturated carbocycles. The molecule has 2 aliphatic rings. The van der Waals surface area contributed by atoms with Crippen LogP contribution in [-0.4, -0.2) is 60.4 Å². The quantitative estimate of drug-likeness (QED) is 0.765. The maximum Gasteiger partial charge on any atom is 0.213 e. The minimum atomic E-state index is -0.0546. The lowest BCUT2D eigenvalue weighted by molar-refractivity contribution is -0.0843. The number of methoxy groups -OCH3 is 1. The van der Waals surface area contributed by atoms with E-state index in [0.29, 0.717) is 11.9 Å². The van der Waals surface area contributed by atoms with Gasteiger partial charge in [0.1, 0.15) is 11.9 Å². The number of aromatic nitrogens is 2. The Morgan fingerprint density at radius 1 is 1.18 bits per heavy atom. The third-order valence-electron chi connectivity index (χ3n) is 6.23. The summed E-state index contributed by atoms with van der Waals surface area (Å²) < 4.78 is 12.3. The molecule has 6 heteroatoms. The van der Waals surface area contributed by atoms with Gasteiger partial charge in [-0.05, 0) is 37.0 Å². The minimum Gasteiger partial charge on any atom is -0.474 e. The molecule has 150 valence electrons. The predicted molar refractivity (Wildman–Crippen MR) is 110 cm³/mol. The SMILES string of the molecule is CO[C@@]12CC[C@H](Oc3ccccn3)C[C@@H]1N(Cc1ccc(N(C)C)nc1)CC2. The molecule has 6 nitrogen and oxygen atoms in total. The van der Waals surface area contributed by atoms with E-state index in [9.17, 15) is 0 Å². The van der Waals surface area contributed by atoms with Crippen LogP contribution in [0.3, 0.4) is 0 Å². The molecule has 1 aliphatic heterocycles. The summed E-state index contributed by atoms with van der Waals surface area (Å²) in [5.74, 6) is 1.70. The van der Waals surface area contributed by atoms with Gasteiger partial charge in [0, 0.05) is 65.2 Å². The largest absolute Gasteiger partial charge is 0.474 e. The molecule has 0 aromatic carbocycles. The highest BCUT2D eigenvalue weighted by Crippen LogP contribution is 2.43. The van der Waals surface area contributed by atoms with Crippen molar-refractivity contribution in [3.63, 3.8) is 0 Å². The summed E-state index contributed by atoms with van der Waals surface area (Å²) in [4.78, 5) is 13.5. The first-order chi connectivity index (χ1) is 13.6. The highest BCUT2D eigenvalue weighted by molar-refractivity contribution is 5.37. The van der Waals surface area contributed by atoms with Crippen molar-refractivity contribution in [3.8, 4) is 5.88 Å². The summed E-state index contributed by atoms with van der Waals surface area (Å²) in [6.45, 7) is 1.94. The predicted octanol–water partition coefficient (Wildman–Crippen LogP) is 3.13. The molecule has 0 radical (unpaired) electrons. The zero-order valence-electron chi connectivity index (χ0n) is 17.0. The molecule has 0 unspecified atom stereocenters. The van der Waals surface area contributed by atoms with E-state index in [1.807, 2.05) is 50.5 Å². The van der Waals surface area contributed by atoms with Crippen LogP contribution in [-0.2, 0) is 11.3 Å². The van der Waals surface area contributed by atoms with Gasteiger partial charge in [-0.25, -0.2) is 9.97 Å². The molecular weight excluding hydrogens is 352 g/mol.